The molecule has 0 aliphatic heterocycles. The normalized spacial score (nSPS) is 11.7. The summed E-state index contributed by atoms with van der Waals surface area (Å²) in [4.78, 5) is 16.4. The van der Waals surface area contributed by atoms with Crippen molar-refractivity contribution in [2.45, 2.75) is 4.90 Å². The highest BCUT2D eigenvalue weighted by Crippen LogP contribution is 2.20. The third kappa shape index (κ3) is 4.44. The molecule has 0 bridgehead atoms. The summed E-state index contributed by atoms with van der Waals surface area (Å²) in [6.45, 7) is 0.242. The Morgan fingerprint density at radius 3 is 2.56 bits per heavy atom. The molecular formula is C18H18N2O5S2. The van der Waals surface area contributed by atoms with E-state index in [4.69, 9.17) is 9.47 Å². The molecule has 27 heavy (non-hydrogen) atoms. The zero-order valence-corrected chi connectivity index (χ0v) is 16.4. The number of benzene rings is 2. The minimum atomic E-state index is -3.47. The van der Waals surface area contributed by atoms with Crippen molar-refractivity contribution in [1.82, 2.24) is 9.29 Å². The molecule has 0 saturated carbocycles. The molecule has 0 saturated heterocycles. The molecule has 0 fully saturated rings. The molecule has 0 spiro atoms. The van der Waals surface area contributed by atoms with Crippen LogP contribution in [0, 0.1) is 0 Å². The molecule has 0 aliphatic rings. The van der Waals surface area contributed by atoms with Gasteiger partial charge in [-0.2, -0.15) is 0 Å². The van der Waals surface area contributed by atoms with Gasteiger partial charge in [-0.3, -0.25) is 0 Å². The molecule has 0 aliphatic carbocycles. The molecule has 1 aromatic heterocycles. The van der Waals surface area contributed by atoms with Gasteiger partial charge in [-0.1, -0.05) is 0 Å². The van der Waals surface area contributed by atoms with Gasteiger partial charge in [0, 0.05) is 14.1 Å². The highest BCUT2D eigenvalue weighted by atomic mass is 32.2. The van der Waals surface area contributed by atoms with E-state index in [0.717, 1.165) is 14.5 Å². The van der Waals surface area contributed by atoms with Crippen LogP contribution in [-0.4, -0.2) is 51.0 Å². The second-order valence-corrected chi connectivity index (χ2v) is 8.82. The fourth-order valence-corrected chi connectivity index (χ4v) is 3.90. The minimum absolute atomic E-state index is 0.0807. The molecular weight excluding hydrogens is 388 g/mol. The average Bonchev–Trinajstić information content (AvgIpc) is 3.13. The predicted molar refractivity (Wildman–Crippen MR) is 103 cm³/mol. The van der Waals surface area contributed by atoms with Crippen LogP contribution in [-0.2, 0) is 14.8 Å². The largest absolute Gasteiger partial charge is 0.490 e. The van der Waals surface area contributed by atoms with Crippen LogP contribution in [0.15, 0.2) is 52.9 Å². The number of thiazole rings is 1. The first kappa shape index (κ1) is 19.3. The Bertz CT molecular complexity index is 1040. The van der Waals surface area contributed by atoms with Crippen LogP contribution in [0.4, 0.5) is 0 Å². The Morgan fingerprint density at radius 2 is 1.85 bits per heavy atom. The van der Waals surface area contributed by atoms with Crippen molar-refractivity contribution < 1.29 is 22.7 Å². The number of hydrogen-bond acceptors (Lipinski definition) is 7. The van der Waals surface area contributed by atoms with Crippen molar-refractivity contribution >= 4 is 37.5 Å². The Labute approximate surface area is 161 Å². The minimum Gasteiger partial charge on any atom is -0.490 e. The summed E-state index contributed by atoms with van der Waals surface area (Å²) in [6, 6.07) is 11.3. The maximum Gasteiger partial charge on any atom is 0.338 e. The van der Waals surface area contributed by atoms with Gasteiger partial charge in [-0.05, 0) is 42.5 Å². The number of ether oxygens (including phenoxy) is 2. The lowest BCUT2D eigenvalue weighted by Crippen LogP contribution is -2.22. The van der Waals surface area contributed by atoms with Gasteiger partial charge in [0.25, 0.3) is 0 Å². The molecule has 0 amide bonds. The standard InChI is InChI=1S/C18H18N2O5S2/c1-20(2)27(22,23)15-6-4-14(5-7-15)24-9-10-25-18(21)13-3-8-16-17(11-13)26-12-19-16/h3-8,11-12H,9-10H2,1-2H3. The quantitative estimate of drug-likeness (QED) is 0.443. The molecule has 0 N–H and O–H groups in total. The summed E-state index contributed by atoms with van der Waals surface area (Å²) in [5.41, 5.74) is 3.03. The number of hydrogen-bond donors (Lipinski definition) is 0. The predicted octanol–water partition coefficient (Wildman–Crippen LogP) is 2.78. The summed E-state index contributed by atoms with van der Waals surface area (Å²) in [6.07, 6.45) is 0. The van der Waals surface area contributed by atoms with E-state index < -0.39 is 16.0 Å². The number of fused-ring (bicyclic) bond motifs is 1. The number of rotatable bonds is 7. The Balaban J connectivity index is 1.50. The third-order valence-electron chi connectivity index (χ3n) is 3.75. The topological polar surface area (TPSA) is 85.8 Å². The second kappa shape index (κ2) is 8.03. The SMILES string of the molecule is CN(C)S(=O)(=O)c1ccc(OCCOC(=O)c2ccc3ncsc3c2)cc1. The van der Waals surface area contributed by atoms with Crippen molar-refractivity contribution in [2.75, 3.05) is 27.3 Å². The van der Waals surface area contributed by atoms with Gasteiger partial charge < -0.3 is 9.47 Å². The van der Waals surface area contributed by atoms with Gasteiger partial charge >= 0.3 is 5.97 Å². The third-order valence-corrected chi connectivity index (χ3v) is 6.38. The number of nitrogens with zero attached hydrogens (tertiary/aromatic N) is 2. The Kier molecular flexibility index (Phi) is 5.73. The van der Waals surface area contributed by atoms with E-state index >= 15 is 0 Å². The Hall–Kier alpha value is -2.49. The van der Waals surface area contributed by atoms with Gasteiger partial charge in [0.15, 0.2) is 0 Å². The number of carbonyl (C=O) groups is 1. The van der Waals surface area contributed by atoms with Gasteiger partial charge in [-0.15, -0.1) is 11.3 Å². The van der Waals surface area contributed by atoms with Gasteiger partial charge in [0.1, 0.15) is 19.0 Å². The molecule has 9 heteroatoms. The molecule has 0 radical (unpaired) electrons. The van der Waals surface area contributed by atoms with Gasteiger partial charge in [0.05, 0.1) is 26.2 Å². The number of sulfonamides is 1. The summed E-state index contributed by atoms with van der Waals surface area (Å²) in [5.74, 6) is 0.0659. The lowest BCUT2D eigenvalue weighted by molar-refractivity contribution is 0.0450. The van der Waals surface area contributed by atoms with Crippen molar-refractivity contribution in [3.63, 3.8) is 0 Å². The van der Waals surface area contributed by atoms with Gasteiger partial charge in [-0.25, -0.2) is 22.5 Å². The van der Waals surface area contributed by atoms with E-state index in [-0.39, 0.29) is 18.1 Å². The summed E-state index contributed by atoms with van der Waals surface area (Å²) >= 11 is 1.46. The molecule has 3 aromatic rings. The first-order valence-electron chi connectivity index (χ1n) is 8.04. The van der Waals surface area contributed by atoms with E-state index in [0.29, 0.717) is 11.3 Å². The van der Waals surface area contributed by atoms with E-state index in [1.807, 2.05) is 0 Å². The zero-order chi connectivity index (χ0) is 19.4. The van der Waals surface area contributed by atoms with Crippen LogP contribution in [0.3, 0.4) is 0 Å². The maximum atomic E-state index is 12.1. The smallest absolute Gasteiger partial charge is 0.338 e. The second-order valence-electron chi connectivity index (χ2n) is 5.78. The van der Waals surface area contributed by atoms with Crippen LogP contribution in [0.5, 0.6) is 5.75 Å². The monoisotopic (exact) mass is 406 g/mol. The average molecular weight is 406 g/mol. The first-order valence-corrected chi connectivity index (χ1v) is 10.4. The van der Waals surface area contributed by atoms with Crippen LogP contribution < -0.4 is 4.74 Å². The van der Waals surface area contributed by atoms with E-state index in [2.05, 4.69) is 4.98 Å². The lowest BCUT2D eigenvalue weighted by atomic mass is 10.2. The highest BCUT2D eigenvalue weighted by Gasteiger charge is 2.16. The van der Waals surface area contributed by atoms with E-state index in [1.54, 1.807) is 35.8 Å². The molecule has 142 valence electrons. The number of esters is 1. The van der Waals surface area contributed by atoms with Crippen molar-refractivity contribution in [2.24, 2.45) is 0 Å². The first-order chi connectivity index (χ1) is 12.9. The van der Waals surface area contributed by atoms with Crippen molar-refractivity contribution in [1.29, 1.82) is 0 Å². The van der Waals surface area contributed by atoms with Crippen LogP contribution in [0.1, 0.15) is 10.4 Å². The van der Waals surface area contributed by atoms with Gasteiger partial charge in [0.2, 0.25) is 10.0 Å². The van der Waals surface area contributed by atoms with E-state index in [1.165, 1.54) is 37.6 Å². The highest BCUT2D eigenvalue weighted by molar-refractivity contribution is 7.89. The van der Waals surface area contributed by atoms with Crippen molar-refractivity contribution in [3.05, 3.63) is 53.5 Å². The fraction of sp³-hybridized carbons (Fsp3) is 0.222. The lowest BCUT2D eigenvalue weighted by Gasteiger charge is -2.12. The zero-order valence-electron chi connectivity index (χ0n) is 14.8. The molecule has 0 unspecified atom stereocenters. The fourth-order valence-electron chi connectivity index (χ4n) is 2.28. The molecule has 2 aromatic carbocycles. The number of carbonyl (C=O) groups excluding carboxylic acids is 1. The molecule has 1 heterocycles. The number of aromatic nitrogens is 1. The van der Waals surface area contributed by atoms with Crippen LogP contribution in [0.25, 0.3) is 10.2 Å². The summed E-state index contributed by atoms with van der Waals surface area (Å²) < 4.78 is 36.8. The summed E-state index contributed by atoms with van der Waals surface area (Å²) in [5, 5.41) is 0. The van der Waals surface area contributed by atoms with Crippen LogP contribution >= 0.6 is 11.3 Å². The van der Waals surface area contributed by atoms with Crippen LogP contribution in [0.2, 0.25) is 0 Å². The molecule has 7 nitrogen and oxygen atoms in total. The molecule has 3 rings (SSSR count). The molecule has 0 atom stereocenters. The summed E-state index contributed by atoms with van der Waals surface area (Å²) in [7, 11) is -0.521. The van der Waals surface area contributed by atoms with Crippen molar-refractivity contribution in [3.8, 4) is 5.75 Å². The van der Waals surface area contributed by atoms with E-state index in [9.17, 15) is 13.2 Å². The maximum absolute atomic E-state index is 12.1. The Morgan fingerprint density at radius 1 is 1.11 bits per heavy atom.